The summed E-state index contributed by atoms with van der Waals surface area (Å²) in [7, 11) is 1.46. The number of ether oxygens (including phenoxy) is 1. The Morgan fingerprint density at radius 2 is 2.35 bits per heavy atom. The van der Waals surface area contributed by atoms with E-state index >= 15 is 0 Å². The van der Waals surface area contributed by atoms with Gasteiger partial charge in [-0.25, -0.2) is 4.79 Å². The number of carboxylic acid groups (broad SMARTS) is 1. The Bertz CT molecular complexity index is 603. The fraction of sp³-hybridized carbons (Fsp3) is 0.100. The lowest BCUT2D eigenvalue weighted by molar-refractivity contribution is 0.0698. The number of aromatic nitrogens is 2. The minimum absolute atomic E-state index is 0.0934. The maximum atomic E-state index is 11.0. The summed E-state index contributed by atoms with van der Waals surface area (Å²) in [5.74, 6) is -0.673. The number of fused-ring (bicyclic) bond motifs is 1. The molecule has 2 rings (SSSR count). The molecule has 0 aromatic carbocycles. The van der Waals surface area contributed by atoms with Crippen LogP contribution in [-0.4, -0.2) is 39.2 Å². The smallest absolute Gasteiger partial charge is 0.337 e. The van der Waals surface area contributed by atoms with Gasteiger partial charge in [0.1, 0.15) is 5.69 Å². The molecule has 0 saturated carbocycles. The Morgan fingerprint density at radius 1 is 1.59 bits per heavy atom. The van der Waals surface area contributed by atoms with Crippen LogP contribution in [0.5, 0.6) is 5.88 Å². The molecule has 0 radical (unpaired) electrons. The molecule has 0 aliphatic carbocycles. The van der Waals surface area contributed by atoms with Crippen molar-refractivity contribution in [3.63, 3.8) is 0 Å². The zero-order valence-corrected chi connectivity index (χ0v) is 8.86. The number of carbonyl (C=O) groups is 1. The van der Waals surface area contributed by atoms with Gasteiger partial charge in [0.15, 0.2) is 0 Å². The van der Waals surface area contributed by atoms with E-state index in [9.17, 15) is 4.79 Å². The molecule has 0 unspecified atom stereocenters. The Labute approximate surface area is 95.5 Å². The summed E-state index contributed by atoms with van der Waals surface area (Å²) < 4.78 is 6.39. The molecule has 88 valence electrons. The lowest BCUT2D eigenvalue weighted by Crippen LogP contribution is -2.03. The summed E-state index contributed by atoms with van der Waals surface area (Å²) in [6.07, 6.45) is 1.11. The predicted octanol–water partition coefficient (Wildman–Crippen LogP) is 0.849. The molecule has 0 fully saturated rings. The minimum Gasteiger partial charge on any atom is -0.481 e. The van der Waals surface area contributed by atoms with Crippen LogP contribution >= 0.6 is 0 Å². The van der Waals surface area contributed by atoms with Crippen molar-refractivity contribution in [1.29, 1.82) is 0 Å². The molecule has 7 nitrogen and oxygen atoms in total. The SMILES string of the molecule is COc1ccc(C(=O)O)c2cc(C=NO)nn12. The summed E-state index contributed by atoms with van der Waals surface area (Å²) in [6, 6.07) is 4.42. The van der Waals surface area contributed by atoms with Crippen molar-refractivity contribution >= 4 is 17.7 Å². The van der Waals surface area contributed by atoms with Crippen molar-refractivity contribution in [2.75, 3.05) is 7.11 Å². The van der Waals surface area contributed by atoms with Crippen molar-refractivity contribution in [2.24, 2.45) is 5.16 Å². The largest absolute Gasteiger partial charge is 0.481 e. The van der Waals surface area contributed by atoms with Crippen LogP contribution in [0, 0.1) is 0 Å². The number of nitrogens with zero attached hydrogens (tertiary/aromatic N) is 3. The van der Waals surface area contributed by atoms with Gasteiger partial charge in [0, 0.05) is 6.07 Å². The molecule has 2 N–H and O–H groups in total. The summed E-state index contributed by atoms with van der Waals surface area (Å²) in [5, 5.41) is 24.3. The summed E-state index contributed by atoms with van der Waals surface area (Å²) in [5.41, 5.74) is 0.794. The number of aromatic carboxylic acids is 1. The summed E-state index contributed by atoms with van der Waals surface area (Å²) >= 11 is 0. The van der Waals surface area contributed by atoms with Gasteiger partial charge in [-0.2, -0.15) is 9.61 Å². The van der Waals surface area contributed by atoms with Crippen LogP contribution in [0.25, 0.3) is 5.52 Å². The monoisotopic (exact) mass is 235 g/mol. The molecule has 2 aromatic heterocycles. The van der Waals surface area contributed by atoms with E-state index in [1.165, 1.54) is 29.8 Å². The van der Waals surface area contributed by atoms with Crippen molar-refractivity contribution in [3.05, 3.63) is 29.5 Å². The van der Waals surface area contributed by atoms with Crippen LogP contribution in [0.3, 0.4) is 0 Å². The second-order valence-electron chi connectivity index (χ2n) is 3.21. The Kier molecular flexibility index (Phi) is 2.65. The van der Waals surface area contributed by atoms with Gasteiger partial charge in [0.05, 0.1) is 24.4 Å². The second kappa shape index (κ2) is 4.12. The lowest BCUT2D eigenvalue weighted by atomic mass is 10.2. The van der Waals surface area contributed by atoms with Crippen molar-refractivity contribution in [3.8, 4) is 5.88 Å². The highest BCUT2D eigenvalue weighted by Crippen LogP contribution is 2.19. The zero-order valence-electron chi connectivity index (χ0n) is 8.86. The van der Waals surface area contributed by atoms with Gasteiger partial charge in [-0.1, -0.05) is 5.16 Å². The molecule has 17 heavy (non-hydrogen) atoms. The van der Waals surface area contributed by atoms with Gasteiger partial charge in [-0.15, -0.1) is 0 Å². The average molecular weight is 235 g/mol. The molecule has 0 amide bonds. The number of oxime groups is 1. The van der Waals surface area contributed by atoms with E-state index in [0.717, 1.165) is 6.21 Å². The molecule has 0 aliphatic rings. The Hall–Kier alpha value is -2.57. The second-order valence-corrected chi connectivity index (χ2v) is 3.21. The first-order chi connectivity index (χ1) is 8.17. The first-order valence-corrected chi connectivity index (χ1v) is 4.65. The Balaban J connectivity index is 2.76. The predicted molar refractivity (Wildman–Crippen MR) is 58.1 cm³/mol. The number of pyridine rings is 1. The third kappa shape index (κ3) is 1.78. The van der Waals surface area contributed by atoms with E-state index in [1.54, 1.807) is 0 Å². The Morgan fingerprint density at radius 3 is 2.94 bits per heavy atom. The first-order valence-electron chi connectivity index (χ1n) is 4.65. The molecule has 7 heteroatoms. The van der Waals surface area contributed by atoms with Crippen molar-refractivity contribution < 1.29 is 19.8 Å². The molecule has 0 spiro atoms. The average Bonchev–Trinajstić information content (AvgIpc) is 2.71. The third-order valence-corrected chi connectivity index (χ3v) is 2.24. The quantitative estimate of drug-likeness (QED) is 0.467. The molecular weight excluding hydrogens is 226 g/mol. The number of rotatable bonds is 3. The standard InChI is InChI=1S/C10H9N3O4/c1-17-9-3-2-7(10(14)15)8-4-6(5-11-16)12-13(8)9/h2-5,16H,1H3,(H,14,15). The van der Waals surface area contributed by atoms with Gasteiger partial charge in [-0.3, -0.25) is 0 Å². The molecule has 0 aliphatic heterocycles. The molecule has 2 heterocycles. The van der Waals surface area contributed by atoms with Gasteiger partial charge in [0.2, 0.25) is 5.88 Å². The van der Waals surface area contributed by atoms with Crippen molar-refractivity contribution in [2.45, 2.75) is 0 Å². The summed E-state index contributed by atoms with van der Waals surface area (Å²) in [6.45, 7) is 0. The normalized spacial score (nSPS) is 11.1. The van der Waals surface area contributed by atoms with E-state index in [2.05, 4.69) is 10.3 Å². The van der Waals surface area contributed by atoms with E-state index in [0.29, 0.717) is 17.1 Å². The molecule has 0 saturated heterocycles. The van der Waals surface area contributed by atoms with Gasteiger partial charge in [0.25, 0.3) is 0 Å². The molecule has 0 bridgehead atoms. The fourth-order valence-corrected chi connectivity index (χ4v) is 1.53. The number of carboxylic acids is 1. The lowest BCUT2D eigenvalue weighted by Gasteiger charge is -2.04. The topological polar surface area (TPSA) is 96.4 Å². The van der Waals surface area contributed by atoms with Crippen LogP contribution < -0.4 is 4.74 Å². The maximum absolute atomic E-state index is 11.0. The summed E-state index contributed by atoms with van der Waals surface area (Å²) in [4.78, 5) is 11.0. The van der Waals surface area contributed by atoms with Crippen LogP contribution in [0.4, 0.5) is 0 Å². The number of hydrogen-bond acceptors (Lipinski definition) is 5. The molecule has 0 atom stereocenters. The maximum Gasteiger partial charge on any atom is 0.337 e. The van der Waals surface area contributed by atoms with Gasteiger partial charge >= 0.3 is 5.97 Å². The van der Waals surface area contributed by atoms with Crippen LogP contribution in [0.15, 0.2) is 23.4 Å². The highest BCUT2D eigenvalue weighted by molar-refractivity contribution is 5.96. The van der Waals surface area contributed by atoms with E-state index in [4.69, 9.17) is 15.1 Å². The first kappa shape index (κ1) is 10.9. The third-order valence-electron chi connectivity index (χ3n) is 2.24. The van der Waals surface area contributed by atoms with Crippen molar-refractivity contribution in [1.82, 2.24) is 9.61 Å². The van der Waals surface area contributed by atoms with Gasteiger partial charge in [-0.05, 0) is 12.1 Å². The van der Waals surface area contributed by atoms with Gasteiger partial charge < -0.3 is 15.1 Å². The number of hydrogen-bond donors (Lipinski definition) is 2. The van der Waals surface area contributed by atoms with Crippen LogP contribution in [0.2, 0.25) is 0 Å². The fourth-order valence-electron chi connectivity index (χ4n) is 1.53. The minimum atomic E-state index is -1.06. The zero-order chi connectivity index (χ0) is 12.4. The van der Waals surface area contributed by atoms with E-state index in [-0.39, 0.29) is 5.56 Å². The highest BCUT2D eigenvalue weighted by Gasteiger charge is 2.14. The number of methoxy groups -OCH3 is 1. The van der Waals surface area contributed by atoms with Crippen LogP contribution in [-0.2, 0) is 0 Å². The van der Waals surface area contributed by atoms with E-state index in [1.807, 2.05) is 0 Å². The highest BCUT2D eigenvalue weighted by atomic mass is 16.5. The van der Waals surface area contributed by atoms with Crippen LogP contribution in [0.1, 0.15) is 16.1 Å². The van der Waals surface area contributed by atoms with E-state index < -0.39 is 5.97 Å². The molecular formula is C10H9N3O4. The molecule has 2 aromatic rings.